The highest BCUT2D eigenvalue weighted by molar-refractivity contribution is 7.16. The number of aromatic nitrogens is 5. The second-order valence-corrected chi connectivity index (χ2v) is 15.5. The van der Waals surface area contributed by atoms with Crippen LogP contribution in [-0.4, -0.2) is 74.7 Å². The van der Waals surface area contributed by atoms with Crippen molar-refractivity contribution in [3.8, 4) is 17.6 Å². The van der Waals surface area contributed by atoms with Crippen LogP contribution in [0.1, 0.15) is 98.1 Å². The summed E-state index contributed by atoms with van der Waals surface area (Å²) in [5, 5.41) is 21.5. The molecule has 7 heterocycles. The number of aryl methyl sites for hydroxylation is 1. The van der Waals surface area contributed by atoms with Crippen LogP contribution in [0, 0.1) is 11.3 Å². The van der Waals surface area contributed by atoms with Crippen LogP contribution in [0.4, 0.5) is 10.8 Å². The molecule has 0 aromatic carbocycles. The number of hydrogen-bond acceptors (Lipinski definition) is 11. The zero-order chi connectivity index (χ0) is 31.2. The van der Waals surface area contributed by atoms with Crippen molar-refractivity contribution in [1.29, 1.82) is 5.26 Å². The van der Waals surface area contributed by atoms with E-state index in [1.165, 1.54) is 11.3 Å². The maximum absolute atomic E-state index is 10.2. The summed E-state index contributed by atoms with van der Waals surface area (Å²) in [6.45, 7) is 5.94. The van der Waals surface area contributed by atoms with Gasteiger partial charge in [0.15, 0.2) is 22.9 Å². The smallest absolute Gasteiger partial charge is 0.186 e. The summed E-state index contributed by atoms with van der Waals surface area (Å²) in [5.74, 6) is 2.38. The number of anilines is 2. The lowest BCUT2D eigenvalue weighted by molar-refractivity contribution is -0.151. The molecule has 4 aromatic rings. The molecule has 11 nitrogen and oxygen atoms in total. The SMILES string of the molecule is C[C@@H]([C@@H]1CCCN1C)n1ncc2c(N3CCC[C@]4(CCO4)C3)nc(-c3noc4c3CCC[C@@]43CCCc4sc(N)c(C#N)c43)nc21. The Balaban J connectivity index is 1.20. The molecule has 0 unspecified atom stereocenters. The molecule has 3 saturated heterocycles. The van der Waals surface area contributed by atoms with E-state index in [1.54, 1.807) is 11.3 Å². The third kappa shape index (κ3) is 4.07. The second kappa shape index (κ2) is 10.5. The molecule has 46 heavy (non-hydrogen) atoms. The average molecular weight is 640 g/mol. The summed E-state index contributed by atoms with van der Waals surface area (Å²) in [7, 11) is 2.21. The predicted molar refractivity (Wildman–Crippen MR) is 176 cm³/mol. The molecule has 2 aliphatic carbocycles. The average Bonchev–Trinajstić information content (AvgIpc) is 3.85. The number of nitrogen functional groups attached to an aromatic ring is 1. The predicted octanol–water partition coefficient (Wildman–Crippen LogP) is 5.37. The molecule has 9 rings (SSSR count). The number of ether oxygens (including phenoxy) is 1. The number of rotatable bonds is 4. The molecule has 0 radical (unpaired) electrons. The van der Waals surface area contributed by atoms with Gasteiger partial charge in [-0.15, -0.1) is 11.3 Å². The molecular formula is C34H41N9O2S. The molecular weight excluding hydrogens is 599 g/mol. The van der Waals surface area contributed by atoms with Crippen molar-refractivity contribution >= 4 is 33.2 Å². The quantitative estimate of drug-likeness (QED) is 0.311. The topological polar surface area (TPSA) is 135 Å². The summed E-state index contributed by atoms with van der Waals surface area (Å²) < 4.78 is 14.7. The number of likely N-dealkylation sites (N-methyl/N-ethyl adjacent to an activating group) is 1. The van der Waals surface area contributed by atoms with E-state index in [0.717, 1.165) is 130 Å². The Morgan fingerprint density at radius 1 is 1.11 bits per heavy atom. The van der Waals surface area contributed by atoms with Gasteiger partial charge in [-0.25, -0.2) is 14.6 Å². The van der Waals surface area contributed by atoms with E-state index < -0.39 is 0 Å². The minimum Gasteiger partial charge on any atom is -0.389 e. The lowest BCUT2D eigenvalue weighted by Crippen LogP contribution is -2.56. The van der Waals surface area contributed by atoms with Crippen molar-refractivity contribution in [2.24, 2.45) is 0 Å². The first-order valence-corrected chi connectivity index (χ1v) is 17.9. The van der Waals surface area contributed by atoms with Gasteiger partial charge in [0.1, 0.15) is 16.9 Å². The molecule has 3 aliphatic heterocycles. The van der Waals surface area contributed by atoms with Crippen LogP contribution >= 0.6 is 11.3 Å². The molecule has 12 heteroatoms. The van der Waals surface area contributed by atoms with E-state index in [4.69, 9.17) is 35.2 Å². The van der Waals surface area contributed by atoms with Crippen LogP contribution in [0.2, 0.25) is 0 Å². The van der Waals surface area contributed by atoms with Gasteiger partial charge in [-0.1, -0.05) is 5.16 Å². The van der Waals surface area contributed by atoms with Crippen LogP contribution in [0.3, 0.4) is 0 Å². The van der Waals surface area contributed by atoms with Crippen molar-refractivity contribution in [1.82, 2.24) is 29.8 Å². The van der Waals surface area contributed by atoms with Crippen LogP contribution in [0.5, 0.6) is 0 Å². The maximum Gasteiger partial charge on any atom is 0.186 e. The first kappa shape index (κ1) is 28.7. The van der Waals surface area contributed by atoms with E-state index in [2.05, 4.69) is 34.5 Å². The lowest BCUT2D eigenvalue weighted by Gasteiger charge is -2.48. The van der Waals surface area contributed by atoms with E-state index in [9.17, 15) is 5.26 Å². The highest BCUT2D eigenvalue weighted by atomic mass is 32.1. The molecule has 0 bridgehead atoms. The molecule has 0 amide bonds. The van der Waals surface area contributed by atoms with Gasteiger partial charge in [0.05, 0.1) is 40.8 Å². The molecule has 2 N–H and O–H groups in total. The van der Waals surface area contributed by atoms with Crippen LogP contribution in [0.15, 0.2) is 10.7 Å². The molecule has 5 aliphatic rings. The Morgan fingerprint density at radius 3 is 2.72 bits per heavy atom. The van der Waals surface area contributed by atoms with E-state index in [-0.39, 0.29) is 17.1 Å². The largest absolute Gasteiger partial charge is 0.389 e. The van der Waals surface area contributed by atoms with Gasteiger partial charge in [-0.05, 0) is 90.3 Å². The Kier molecular flexibility index (Phi) is 6.54. The van der Waals surface area contributed by atoms with Crippen LogP contribution in [-0.2, 0) is 23.0 Å². The first-order chi connectivity index (χ1) is 22.4. The van der Waals surface area contributed by atoms with Gasteiger partial charge in [0, 0.05) is 36.0 Å². The summed E-state index contributed by atoms with van der Waals surface area (Å²) >= 11 is 1.57. The molecule has 3 fully saturated rings. The van der Waals surface area contributed by atoms with E-state index in [1.807, 2.05) is 6.20 Å². The molecule has 4 atom stereocenters. The first-order valence-electron chi connectivity index (χ1n) is 17.1. The highest BCUT2D eigenvalue weighted by Crippen LogP contribution is 2.55. The number of fused-ring (bicyclic) bond motifs is 5. The second-order valence-electron chi connectivity index (χ2n) is 14.3. The zero-order valence-corrected chi connectivity index (χ0v) is 27.5. The summed E-state index contributed by atoms with van der Waals surface area (Å²) in [4.78, 5) is 16.6. The van der Waals surface area contributed by atoms with Gasteiger partial charge >= 0.3 is 0 Å². The summed E-state index contributed by atoms with van der Waals surface area (Å²) in [6.07, 6.45) is 13.2. The Labute approximate surface area is 272 Å². The standard InChI is InChI=1S/C34H41N9O2S/c1-20(24-8-5-14-41(24)2)43-32-23(18-37-43)31(42-15-6-10-33(19-42)13-16-44-33)38-30(39-32)27-21-7-3-11-34(28(21)45-40-27)12-4-9-25-26(34)22(17-35)29(36)46-25/h18,20,24H,3-16,19,36H2,1-2H3/t20-,24-,33-,34-/m0/s1. The van der Waals surface area contributed by atoms with Gasteiger partial charge in [0.2, 0.25) is 0 Å². The highest BCUT2D eigenvalue weighted by Gasteiger charge is 2.49. The fourth-order valence-corrected chi connectivity index (χ4v) is 10.6. The van der Waals surface area contributed by atoms with Crippen molar-refractivity contribution in [3.05, 3.63) is 33.5 Å². The maximum atomic E-state index is 10.2. The molecule has 240 valence electrons. The number of nitrogens with two attached hydrogens (primary N) is 1. The van der Waals surface area contributed by atoms with Crippen LogP contribution < -0.4 is 10.6 Å². The molecule has 2 spiro atoms. The van der Waals surface area contributed by atoms with Gasteiger partial charge in [0.25, 0.3) is 0 Å². The number of piperidine rings is 1. The van der Waals surface area contributed by atoms with Crippen LogP contribution in [0.25, 0.3) is 22.6 Å². The molecule has 0 saturated carbocycles. The van der Waals surface area contributed by atoms with E-state index >= 15 is 0 Å². The fourth-order valence-electron chi connectivity index (χ4n) is 9.47. The summed E-state index contributed by atoms with van der Waals surface area (Å²) in [6, 6.07) is 3.00. The van der Waals surface area contributed by atoms with Gasteiger partial charge in [-0.2, -0.15) is 10.4 Å². The number of likely N-dealkylation sites (tertiary alicyclic amines) is 1. The van der Waals surface area contributed by atoms with Crippen molar-refractivity contribution in [3.63, 3.8) is 0 Å². The zero-order valence-electron chi connectivity index (χ0n) is 26.7. The Morgan fingerprint density at radius 2 is 1.96 bits per heavy atom. The third-order valence-corrected chi connectivity index (χ3v) is 12.9. The van der Waals surface area contributed by atoms with Crippen molar-refractivity contribution in [2.75, 3.05) is 43.9 Å². The third-order valence-electron chi connectivity index (χ3n) is 11.8. The van der Waals surface area contributed by atoms with Gasteiger partial charge < -0.3 is 24.8 Å². The number of nitriles is 1. The number of nitrogens with zero attached hydrogens (tertiary/aromatic N) is 8. The summed E-state index contributed by atoms with van der Waals surface area (Å²) in [5.41, 5.74) is 10.3. The minimum absolute atomic E-state index is 0.0789. The monoisotopic (exact) mass is 639 g/mol. The number of hydrogen-bond donors (Lipinski definition) is 1. The van der Waals surface area contributed by atoms with E-state index in [0.29, 0.717) is 22.4 Å². The minimum atomic E-state index is -0.386. The Hall–Kier alpha value is -3.53. The van der Waals surface area contributed by atoms with Crippen molar-refractivity contribution < 1.29 is 9.26 Å². The number of thiophene rings is 1. The fraction of sp³-hybridized carbons (Fsp3) is 0.618. The lowest BCUT2D eigenvalue weighted by atomic mass is 9.63. The Bertz CT molecular complexity index is 1880. The normalized spacial score (nSPS) is 28.4. The molecule has 4 aromatic heterocycles. The van der Waals surface area contributed by atoms with Crippen molar-refractivity contribution in [2.45, 2.75) is 101 Å². The van der Waals surface area contributed by atoms with Gasteiger partial charge in [-0.3, -0.25) is 0 Å².